The Morgan fingerprint density at radius 2 is 1.96 bits per heavy atom. The average Bonchev–Trinajstić information content (AvgIpc) is 2.99. The SMILES string of the molecule is Cc1cc2cc(Nc3ccnc(Nc4cccc(Cl)c4F)n3)ccc2[nH]1. The van der Waals surface area contributed by atoms with Gasteiger partial charge < -0.3 is 15.6 Å². The molecule has 0 amide bonds. The molecule has 5 nitrogen and oxygen atoms in total. The lowest BCUT2D eigenvalue weighted by Crippen LogP contribution is -2.01. The van der Waals surface area contributed by atoms with Crippen LogP contribution >= 0.6 is 11.6 Å². The molecule has 26 heavy (non-hydrogen) atoms. The topological polar surface area (TPSA) is 65.6 Å². The smallest absolute Gasteiger partial charge is 0.229 e. The fourth-order valence-corrected chi connectivity index (χ4v) is 2.89. The molecule has 4 rings (SSSR count). The molecule has 0 bridgehead atoms. The molecule has 0 unspecified atom stereocenters. The van der Waals surface area contributed by atoms with Gasteiger partial charge in [0.25, 0.3) is 0 Å². The van der Waals surface area contributed by atoms with Crippen LogP contribution in [0.4, 0.5) is 27.5 Å². The van der Waals surface area contributed by atoms with E-state index in [2.05, 4.69) is 31.7 Å². The summed E-state index contributed by atoms with van der Waals surface area (Å²) in [6.45, 7) is 2.02. The summed E-state index contributed by atoms with van der Waals surface area (Å²) in [5, 5.41) is 7.23. The van der Waals surface area contributed by atoms with Gasteiger partial charge in [-0.3, -0.25) is 0 Å². The van der Waals surface area contributed by atoms with Crippen LogP contribution in [0.5, 0.6) is 0 Å². The third kappa shape index (κ3) is 3.32. The van der Waals surface area contributed by atoms with Gasteiger partial charge in [-0.05, 0) is 49.4 Å². The summed E-state index contributed by atoms with van der Waals surface area (Å²) in [7, 11) is 0. The molecule has 0 aliphatic carbocycles. The summed E-state index contributed by atoms with van der Waals surface area (Å²) in [5.41, 5.74) is 3.30. The maximum absolute atomic E-state index is 14.0. The Morgan fingerprint density at radius 1 is 1.08 bits per heavy atom. The van der Waals surface area contributed by atoms with E-state index in [4.69, 9.17) is 11.6 Å². The number of rotatable bonds is 4. The number of anilines is 4. The maximum Gasteiger partial charge on any atom is 0.229 e. The van der Waals surface area contributed by atoms with E-state index in [-0.39, 0.29) is 16.7 Å². The number of nitrogens with one attached hydrogen (secondary N) is 3. The minimum atomic E-state index is -0.538. The molecule has 0 spiro atoms. The molecule has 0 fully saturated rings. The number of aromatic amines is 1. The van der Waals surface area contributed by atoms with Gasteiger partial charge in [-0.25, -0.2) is 9.37 Å². The molecule has 0 aliphatic rings. The summed E-state index contributed by atoms with van der Waals surface area (Å²) in [6.07, 6.45) is 1.60. The van der Waals surface area contributed by atoms with Crippen molar-refractivity contribution < 1.29 is 4.39 Å². The number of halogens is 2. The second-order valence-electron chi connectivity index (χ2n) is 5.87. The molecule has 3 N–H and O–H groups in total. The first-order valence-corrected chi connectivity index (χ1v) is 8.37. The molecule has 0 aliphatic heterocycles. The van der Waals surface area contributed by atoms with Crippen molar-refractivity contribution >= 4 is 45.6 Å². The van der Waals surface area contributed by atoms with E-state index >= 15 is 0 Å². The highest BCUT2D eigenvalue weighted by Crippen LogP contribution is 2.25. The Balaban J connectivity index is 1.57. The number of benzene rings is 2. The van der Waals surface area contributed by atoms with Crippen molar-refractivity contribution in [3.05, 3.63) is 71.3 Å². The van der Waals surface area contributed by atoms with Crippen molar-refractivity contribution in [2.75, 3.05) is 10.6 Å². The second kappa shape index (κ2) is 6.65. The molecule has 4 aromatic rings. The van der Waals surface area contributed by atoms with Crippen molar-refractivity contribution in [3.8, 4) is 0 Å². The lowest BCUT2D eigenvalue weighted by atomic mass is 10.2. The fourth-order valence-electron chi connectivity index (χ4n) is 2.71. The lowest BCUT2D eigenvalue weighted by molar-refractivity contribution is 0.632. The quantitative estimate of drug-likeness (QED) is 0.442. The van der Waals surface area contributed by atoms with Gasteiger partial charge in [0.05, 0.1) is 10.7 Å². The number of fused-ring (bicyclic) bond motifs is 1. The van der Waals surface area contributed by atoms with Gasteiger partial charge in [-0.15, -0.1) is 0 Å². The summed E-state index contributed by atoms with van der Waals surface area (Å²) < 4.78 is 14.0. The number of hydrogen-bond donors (Lipinski definition) is 3. The highest BCUT2D eigenvalue weighted by molar-refractivity contribution is 6.31. The van der Waals surface area contributed by atoms with Crippen LogP contribution in [0.3, 0.4) is 0 Å². The van der Waals surface area contributed by atoms with Crippen LogP contribution in [0.25, 0.3) is 10.9 Å². The Bertz CT molecular complexity index is 1090. The van der Waals surface area contributed by atoms with E-state index in [1.165, 1.54) is 6.07 Å². The monoisotopic (exact) mass is 367 g/mol. The van der Waals surface area contributed by atoms with Crippen LogP contribution in [0.15, 0.2) is 54.7 Å². The molecular weight excluding hydrogens is 353 g/mol. The highest BCUT2D eigenvalue weighted by atomic mass is 35.5. The summed E-state index contributed by atoms with van der Waals surface area (Å²) in [5.74, 6) is 0.329. The Morgan fingerprint density at radius 3 is 2.85 bits per heavy atom. The standard InChI is InChI=1S/C19H15ClFN5/c1-11-9-12-10-13(5-6-15(12)23-11)24-17-7-8-22-19(26-17)25-16-4-2-3-14(20)18(16)21/h2-10,23H,1H3,(H2,22,24,25,26). The third-order valence-corrected chi connectivity index (χ3v) is 4.17. The molecule has 2 heterocycles. The van der Waals surface area contributed by atoms with Crippen molar-refractivity contribution in [2.24, 2.45) is 0 Å². The first-order valence-electron chi connectivity index (χ1n) is 7.99. The average molecular weight is 368 g/mol. The molecular formula is C19H15ClFN5. The van der Waals surface area contributed by atoms with Crippen LogP contribution in [0.1, 0.15) is 5.69 Å². The van der Waals surface area contributed by atoms with Gasteiger partial charge in [-0.1, -0.05) is 17.7 Å². The largest absolute Gasteiger partial charge is 0.359 e. The first-order chi connectivity index (χ1) is 12.6. The van der Waals surface area contributed by atoms with Crippen LogP contribution in [-0.4, -0.2) is 15.0 Å². The number of aromatic nitrogens is 3. The highest BCUT2D eigenvalue weighted by Gasteiger charge is 2.08. The minimum absolute atomic E-state index is 0.0411. The van der Waals surface area contributed by atoms with Crippen LogP contribution < -0.4 is 10.6 Å². The van der Waals surface area contributed by atoms with E-state index in [1.54, 1.807) is 24.4 Å². The van der Waals surface area contributed by atoms with Gasteiger partial charge >= 0.3 is 0 Å². The maximum atomic E-state index is 14.0. The normalized spacial score (nSPS) is 10.9. The van der Waals surface area contributed by atoms with Crippen molar-refractivity contribution in [1.82, 2.24) is 15.0 Å². The summed E-state index contributed by atoms with van der Waals surface area (Å²) in [6, 6.07) is 14.5. The number of H-pyrrole nitrogens is 1. The zero-order chi connectivity index (χ0) is 18.1. The molecule has 0 radical (unpaired) electrons. The second-order valence-corrected chi connectivity index (χ2v) is 6.28. The Hall–Kier alpha value is -3.12. The first kappa shape index (κ1) is 16.4. The van der Waals surface area contributed by atoms with E-state index in [0.717, 1.165) is 22.3 Å². The molecule has 2 aromatic carbocycles. The van der Waals surface area contributed by atoms with E-state index < -0.39 is 5.82 Å². The predicted molar refractivity (Wildman–Crippen MR) is 103 cm³/mol. The van der Waals surface area contributed by atoms with Gasteiger partial charge in [-0.2, -0.15) is 4.98 Å². The van der Waals surface area contributed by atoms with Crippen molar-refractivity contribution in [1.29, 1.82) is 0 Å². The van der Waals surface area contributed by atoms with Gasteiger partial charge in [0.1, 0.15) is 5.82 Å². The zero-order valence-electron chi connectivity index (χ0n) is 13.8. The summed E-state index contributed by atoms with van der Waals surface area (Å²) >= 11 is 5.80. The van der Waals surface area contributed by atoms with E-state index in [9.17, 15) is 4.39 Å². The van der Waals surface area contributed by atoms with Crippen LogP contribution in [-0.2, 0) is 0 Å². The zero-order valence-corrected chi connectivity index (χ0v) is 14.6. The predicted octanol–water partition coefficient (Wildman–Crippen LogP) is 5.55. The van der Waals surface area contributed by atoms with E-state index in [1.807, 2.05) is 25.1 Å². The van der Waals surface area contributed by atoms with Crippen molar-refractivity contribution in [3.63, 3.8) is 0 Å². The third-order valence-electron chi connectivity index (χ3n) is 3.88. The minimum Gasteiger partial charge on any atom is -0.359 e. The Labute approximate surface area is 154 Å². The van der Waals surface area contributed by atoms with E-state index in [0.29, 0.717) is 5.82 Å². The number of nitrogens with zero attached hydrogens (tertiary/aromatic N) is 2. The van der Waals surface area contributed by atoms with Crippen LogP contribution in [0.2, 0.25) is 5.02 Å². The number of hydrogen-bond acceptors (Lipinski definition) is 4. The molecule has 130 valence electrons. The van der Waals surface area contributed by atoms with Gasteiger partial charge in [0, 0.05) is 28.5 Å². The molecule has 0 atom stereocenters. The van der Waals surface area contributed by atoms with Crippen LogP contribution in [0, 0.1) is 12.7 Å². The molecule has 0 saturated carbocycles. The Kier molecular flexibility index (Phi) is 4.18. The molecule has 7 heteroatoms. The van der Waals surface area contributed by atoms with Gasteiger partial charge in [0.2, 0.25) is 5.95 Å². The molecule has 2 aromatic heterocycles. The lowest BCUT2D eigenvalue weighted by Gasteiger charge is -2.09. The van der Waals surface area contributed by atoms with Gasteiger partial charge in [0.15, 0.2) is 5.82 Å². The summed E-state index contributed by atoms with van der Waals surface area (Å²) in [4.78, 5) is 11.8. The molecule has 0 saturated heterocycles. The van der Waals surface area contributed by atoms with Crippen molar-refractivity contribution in [2.45, 2.75) is 6.92 Å². The fraction of sp³-hybridized carbons (Fsp3) is 0.0526. The number of aryl methyl sites for hydroxylation is 1.